The molecule has 0 aliphatic carbocycles. The van der Waals surface area contributed by atoms with Crippen LogP contribution in [0.25, 0.3) is 0 Å². The molecule has 0 N–H and O–H groups in total. The van der Waals surface area contributed by atoms with Crippen LogP contribution < -0.4 is 0 Å². The Hall–Kier alpha value is 2.39. The number of hydrogen-bond acceptors (Lipinski definition) is 0. The van der Waals surface area contributed by atoms with Gasteiger partial charge in [-0.1, -0.05) is 6.92 Å². The predicted molar refractivity (Wildman–Crippen MR) is 64.9 cm³/mol. The third-order valence-electron chi connectivity index (χ3n) is 1.41. The second kappa shape index (κ2) is 5.32. The van der Waals surface area contributed by atoms with E-state index in [2.05, 4.69) is 0 Å². The highest BCUT2D eigenvalue weighted by Gasteiger charge is 2.47. The highest BCUT2D eigenvalue weighted by atomic mass is 35.7. The van der Waals surface area contributed by atoms with Crippen molar-refractivity contribution in [2.45, 2.75) is 11.2 Å². The summed E-state index contributed by atoms with van der Waals surface area (Å²) in [6.07, 6.45) is 0. The predicted octanol–water partition coefficient (Wildman–Crippen LogP) is 2.92. The molecule has 0 nitrogen and oxygen atoms in total. The van der Waals surface area contributed by atoms with Crippen molar-refractivity contribution in [3.63, 3.8) is 0 Å². The van der Waals surface area contributed by atoms with E-state index in [1.165, 1.54) is 0 Å². The van der Waals surface area contributed by atoms with Crippen molar-refractivity contribution in [1.82, 2.24) is 0 Å². The van der Waals surface area contributed by atoms with Crippen molar-refractivity contribution >= 4 is 88.7 Å². The summed E-state index contributed by atoms with van der Waals surface area (Å²) < 4.78 is -0.491. The van der Waals surface area contributed by atoms with Crippen LogP contribution in [0.1, 0.15) is 6.92 Å². The second-order valence-corrected chi connectivity index (χ2v) is 19.7. The molecular formula is C2H6Cl6Si3. The Kier molecular flexibility index (Phi) is 6.47. The number of rotatable bonds is 3. The maximum absolute atomic E-state index is 5.81. The average molecular weight is 327 g/mol. The molecule has 0 spiro atoms. The minimum Gasteiger partial charge on any atom is -0.150 e. The molecule has 0 aromatic rings. The van der Waals surface area contributed by atoms with E-state index in [0.29, 0.717) is 0 Å². The van der Waals surface area contributed by atoms with Gasteiger partial charge in [-0.2, -0.15) is 66.5 Å². The Bertz CT molecular complexity index is 103. The molecule has 0 aliphatic heterocycles. The normalized spacial score (nSPS) is 13.6. The SMILES string of the molecule is CC([SiH](Cl)Cl)([SiH](Cl)Cl)[SiH](Cl)Cl. The van der Waals surface area contributed by atoms with Crippen molar-refractivity contribution in [1.29, 1.82) is 0 Å². The first-order chi connectivity index (χ1) is 4.83. The molecule has 0 aromatic heterocycles. The fourth-order valence-electron chi connectivity index (χ4n) is 0.286. The minimum absolute atomic E-state index is 0.491. The highest BCUT2D eigenvalue weighted by molar-refractivity contribution is 7.57. The Morgan fingerprint density at radius 3 is 0.909 bits per heavy atom. The van der Waals surface area contributed by atoms with Crippen molar-refractivity contribution in [3.05, 3.63) is 0 Å². The Morgan fingerprint density at radius 2 is 0.909 bits per heavy atom. The summed E-state index contributed by atoms with van der Waals surface area (Å²) in [7, 11) is -5.93. The third kappa shape index (κ3) is 3.22. The molecule has 0 heterocycles. The lowest BCUT2D eigenvalue weighted by Crippen LogP contribution is -2.39. The van der Waals surface area contributed by atoms with Crippen LogP contribution in [0.3, 0.4) is 0 Å². The first-order valence-corrected chi connectivity index (χ1v) is 14.9. The molecule has 0 saturated heterocycles. The van der Waals surface area contributed by atoms with Gasteiger partial charge in [0.2, 0.25) is 22.2 Å². The van der Waals surface area contributed by atoms with Crippen molar-refractivity contribution in [2.75, 3.05) is 0 Å². The van der Waals surface area contributed by atoms with Crippen molar-refractivity contribution in [2.24, 2.45) is 0 Å². The number of hydrogen-bond donors (Lipinski definition) is 0. The van der Waals surface area contributed by atoms with E-state index in [9.17, 15) is 0 Å². The zero-order valence-electron chi connectivity index (χ0n) is 5.50. The van der Waals surface area contributed by atoms with Gasteiger partial charge >= 0.3 is 0 Å². The molecule has 0 aliphatic rings. The topological polar surface area (TPSA) is 0 Å². The minimum atomic E-state index is -1.98. The first kappa shape index (κ1) is 13.4. The average Bonchev–Trinajstić information content (AvgIpc) is 1.84. The van der Waals surface area contributed by atoms with Crippen LogP contribution in [0, 0.1) is 0 Å². The van der Waals surface area contributed by atoms with Crippen LogP contribution in [-0.2, 0) is 0 Å². The zero-order valence-corrected chi connectivity index (χ0v) is 13.5. The fourth-order valence-corrected chi connectivity index (χ4v) is 23.1. The van der Waals surface area contributed by atoms with Gasteiger partial charge in [0.1, 0.15) is 0 Å². The molecule has 0 atom stereocenters. The van der Waals surface area contributed by atoms with E-state index in [1.807, 2.05) is 0 Å². The molecule has 0 unspecified atom stereocenters. The molecule has 68 valence electrons. The van der Waals surface area contributed by atoms with Gasteiger partial charge in [0.25, 0.3) is 0 Å². The summed E-state index contributed by atoms with van der Waals surface area (Å²) in [5, 5.41) is 0. The Balaban J connectivity index is 4.53. The van der Waals surface area contributed by atoms with Gasteiger partial charge in [-0.15, -0.1) is 0 Å². The zero-order chi connectivity index (χ0) is 9.23. The monoisotopic (exact) mass is 324 g/mol. The molecular weight excluding hydrogens is 321 g/mol. The molecule has 11 heavy (non-hydrogen) atoms. The molecule has 0 bridgehead atoms. The van der Waals surface area contributed by atoms with Crippen LogP contribution in [0.4, 0.5) is 0 Å². The first-order valence-electron chi connectivity index (χ1n) is 2.68. The lowest BCUT2D eigenvalue weighted by molar-refractivity contribution is 1.20. The van der Waals surface area contributed by atoms with E-state index in [4.69, 9.17) is 66.5 Å². The lowest BCUT2D eigenvalue weighted by atomic mass is 10.9. The summed E-state index contributed by atoms with van der Waals surface area (Å²) in [6.45, 7) is 1.80. The lowest BCUT2D eigenvalue weighted by Gasteiger charge is -2.29. The van der Waals surface area contributed by atoms with Crippen molar-refractivity contribution in [3.8, 4) is 0 Å². The molecule has 0 radical (unpaired) electrons. The van der Waals surface area contributed by atoms with Gasteiger partial charge in [0, 0.05) is 4.28 Å². The molecule has 0 rings (SSSR count). The quantitative estimate of drug-likeness (QED) is 0.552. The molecule has 0 fully saturated rings. The second-order valence-electron chi connectivity index (χ2n) is 2.27. The van der Waals surface area contributed by atoms with Crippen LogP contribution in [0.5, 0.6) is 0 Å². The van der Waals surface area contributed by atoms with Gasteiger partial charge in [0.05, 0.1) is 0 Å². The summed E-state index contributed by atoms with van der Waals surface area (Å²) in [4.78, 5) is 0. The van der Waals surface area contributed by atoms with E-state index in [-0.39, 0.29) is 0 Å². The van der Waals surface area contributed by atoms with Crippen LogP contribution in [0.15, 0.2) is 0 Å². The molecule has 9 heteroatoms. The van der Waals surface area contributed by atoms with E-state index >= 15 is 0 Å². The van der Waals surface area contributed by atoms with Gasteiger partial charge < -0.3 is 0 Å². The van der Waals surface area contributed by atoms with Crippen LogP contribution in [-0.4, -0.2) is 22.2 Å². The van der Waals surface area contributed by atoms with Gasteiger partial charge in [-0.3, -0.25) is 0 Å². The van der Waals surface area contributed by atoms with E-state index in [0.717, 1.165) is 0 Å². The fraction of sp³-hybridized carbons (Fsp3) is 1.00. The maximum Gasteiger partial charge on any atom is 0.241 e. The maximum atomic E-state index is 5.81. The van der Waals surface area contributed by atoms with Crippen molar-refractivity contribution < 1.29 is 0 Å². The summed E-state index contributed by atoms with van der Waals surface area (Å²) in [5.41, 5.74) is 0. The Morgan fingerprint density at radius 1 is 0.727 bits per heavy atom. The highest BCUT2D eigenvalue weighted by Crippen LogP contribution is 2.45. The smallest absolute Gasteiger partial charge is 0.150 e. The van der Waals surface area contributed by atoms with E-state index < -0.39 is 26.5 Å². The largest absolute Gasteiger partial charge is 0.241 e. The molecule has 0 amide bonds. The van der Waals surface area contributed by atoms with E-state index in [1.54, 1.807) is 6.92 Å². The van der Waals surface area contributed by atoms with Gasteiger partial charge in [-0.05, 0) is 0 Å². The summed E-state index contributed by atoms with van der Waals surface area (Å²) >= 11 is 34.9. The van der Waals surface area contributed by atoms with Crippen LogP contribution >= 0.6 is 66.5 Å². The number of halogens is 6. The summed E-state index contributed by atoms with van der Waals surface area (Å²) in [5.74, 6) is 0. The third-order valence-corrected chi connectivity index (χ3v) is 26.3. The van der Waals surface area contributed by atoms with Crippen LogP contribution in [0.2, 0.25) is 4.28 Å². The van der Waals surface area contributed by atoms with Gasteiger partial charge in [-0.25, -0.2) is 0 Å². The molecule has 0 saturated carbocycles. The standard InChI is InChI=1S/C2H6Cl6Si3/c1-2(9(3)4,10(5)6)11(7)8/h9-11H,1H3. The molecule has 0 aromatic carbocycles. The summed E-state index contributed by atoms with van der Waals surface area (Å²) in [6, 6.07) is 0. The Labute approximate surface area is 99.1 Å². The van der Waals surface area contributed by atoms with Gasteiger partial charge in [0.15, 0.2) is 0 Å².